The van der Waals surface area contributed by atoms with E-state index in [1.54, 1.807) is 0 Å². The standard InChI is InChI=1S/C13H19ClN6O/c1-13(2)7(4-3-5-21)6-8(13)20-11-9(18-19-20)10(14)16-12(15)17-11/h7-8,21H,3-6H2,1-2H3,(H2,15,16,17)/t7-,8+/m0/s1. The van der Waals surface area contributed by atoms with Crippen LogP contribution in [-0.2, 0) is 0 Å². The molecule has 0 aromatic carbocycles. The summed E-state index contributed by atoms with van der Waals surface area (Å²) in [5.74, 6) is 0.688. The lowest BCUT2D eigenvalue weighted by Gasteiger charge is -2.52. The fraction of sp³-hybridized carbons (Fsp3) is 0.692. The monoisotopic (exact) mass is 310 g/mol. The molecule has 8 heteroatoms. The fourth-order valence-electron chi connectivity index (χ4n) is 3.25. The minimum Gasteiger partial charge on any atom is -0.396 e. The third kappa shape index (κ3) is 2.24. The summed E-state index contributed by atoms with van der Waals surface area (Å²) >= 11 is 6.04. The van der Waals surface area contributed by atoms with Gasteiger partial charge < -0.3 is 10.8 Å². The van der Waals surface area contributed by atoms with E-state index in [9.17, 15) is 0 Å². The Balaban J connectivity index is 1.92. The van der Waals surface area contributed by atoms with Gasteiger partial charge in [0.1, 0.15) is 0 Å². The first-order valence-electron chi connectivity index (χ1n) is 7.10. The van der Waals surface area contributed by atoms with E-state index < -0.39 is 0 Å². The van der Waals surface area contributed by atoms with Crippen LogP contribution in [0.25, 0.3) is 11.2 Å². The Labute approximate surface area is 127 Å². The zero-order valence-electron chi connectivity index (χ0n) is 12.1. The van der Waals surface area contributed by atoms with Gasteiger partial charge in [0, 0.05) is 6.61 Å². The SMILES string of the molecule is CC1(C)[C@@H](CCCO)C[C@H]1n1nnc2c(Cl)nc(N)nc21. The number of nitrogens with zero attached hydrogens (tertiary/aromatic N) is 5. The van der Waals surface area contributed by atoms with Crippen LogP contribution in [0.3, 0.4) is 0 Å². The number of fused-ring (bicyclic) bond motifs is 1. The van der Waals surface area contributed by atoms with Gasteiger partial charge in [-0.3, -0.25) is 0 Å². The number of hydrogen-bond acceptors (Lipinski definition) is 6. The molecule has 21 heavy (non-hydrogen) atoms. The van der Waals surface area contributed by atoms with Crippen LogP contribution < -0.4 is 5.73 Å². The lowest BCUT2D eigenvalue weighted by molar-refractivity contribution is -0.0235. The van der Waals surface area contributed by atoms with E-state index >= 15 is 0 Å². The van der Waals surface area contributed by atoms with Gasteiger partial charge in [0.25, 0.3) is 0 Å². The summed E-state index contributed by atoms with van der Waals surface area (Å²) in [7, 11) is 0. The number of anilines is 1. The normalized spacial score (nSPS) is 24.2. The molecule has 1 saturated carbocycles. The van der Waals surface area contributed by atoms with Gasteiger partial charge >= 0.3 is 0 Å². The van der Waals surface area contributed by atoms with Crippen LogP contribution >= 0.6 is 11.6 Å². The summed E-state index contributed by atoms with van der Waals surface area (Å²) in [6.07, 6.45) is 2.84. The maximum absolute atomic E-state index is 8.98. The first-order valence-corrected chi connectivity index (χ1v) is 7.47. The van der Waals surface area contributed by atoms with Crippen molar-refractivity contribution >= 4 is 28.7 Å². The predicted molar refractivity (Wildman–Crippen MR) is 79.8 cm³/mol. The second kappa shape index (κ2) is 5.06. The van der Waals surface area contributed by atoms with Crippen LogP contribution in [0.2, 0.25) is 5.15 Å². The van der Waals surface area contributed by atoms with E-state index in [1.807, 2.05) is 4.68 Å². The molecule has 3 rings (SSSR count). The van der Waals surface area contributed by atoms with Crippen molar-refractivity contribution in [3.63, 3.8) is 0 Å². The Morgan fingerprint density at radius 2 is 2.19 bits per heavy atom. The van der Waals surface area contributed by atoms with Crippen molar-refractivity contribution in [2.45, 2.75) is 39.2 Å². The molecule has 1 aliphatic carbocycles. The molecular weight excluding hydrogens is 292 g/mol. The largest absolute Gasteiger partial charge is 0.396 e. The molecule has 0 bridgehead atoms. The Morgan fingerprint density at radius 3 is 2.86 bits per heavy atom. The molecule has 2 aromatic heterocycles. The molecule has 114 valence electrons. The molecule has 2 atom stereocenters. The van der Waals surface area contributed by atoms with E-state index in [1.165, 1.54) is 0 Å². The number of aromatic nitrogens is 5. The Morgan fingerprint density at radius 1 is 1.43 bits per heavy atom. The lowest BCUT2D eigenvalue weighted by Crippen LogP contribution is -2.46. The quantitative estimate of drug-likeness (QED) is 0.835. The Hall–Kier alpha value is -1.47. The zero-order valence-corrected chi connectivity index (χ0v) is 12.9. The van der Waals surface area contributed by atoms with Crippen LogP contribution in [0.5, 0.6) is 0 Å². The highest BCUT2D eigenvalue weighted by molar-refractivity contribution is 6.33. The van der Waals surface area contributed by atoms with Crippen molar-refractivity contribution < 1.29 is 5.11 Å². The first-order chi connectivity index (χ1) is 9.95. The molecule has 0 spiro atoms. The van der Waals surface area contributed by atoms with Gasteiger partial charge in [0.15, 0.2) is 16.3 Å². The van der Waals surface area contributed by atoms with Gasteiger partial charge in [-0.1, -0.05) is 30.7 Å². The molecule has 1 aliphatic rings. The van der Waals surface area contributed by atoms with E-state index in [-0.39, 0.29) is 29.2 Å². The van der Waals surface area contributed by atoms with E-state index in [4.69, 9.17) is 22.4 Å². The van der Waals surface area contributed by atoms with Crippen molar-refractivity contribution in [2.24, 2.45) is 11.3 Å². The lowest BCUT2D eigenvalue weighted by atomic mass is 9.57. The third-order valence-corrected chi connectivity index (χ3v) is 4.99. The summed E-state index contributed by atoms with van der Waals surface area (Å²) in [4.78, 5) is 8.13. The van der Waals surface area contributed by atoms with Crippen LogP contribution in [-0.4, -0.2) is 36.7 Å². The Kier molecular flexibility index (Phi) is 3.49. The summed E-state index contributed by atoms with van der Waals surface area (Å²) in [6, 6.07) is 0.205. The van der Waals surface area contributed by atoms with Crippen LogP contribution in [0.4, 0.5) is 5.95 Å². The summed E-state index contributed by atoms with van der Waals surface area (Å²) in [5, 5.41) is 17.5. The topological polar surface area (TPSA) is 103 Å². The average molecular weight is 311 g/mol. The van der Waals surface area contributed by atoms with Gasteiger partial charge in [-0.2, -0.15) is 9.97 Å². The molecule has 2 aromatic rings. The van der Waals surface area contributed by atoms with Gasteiger partial charge in [-0.05, 0) is 30.6 Å². The average Bonchev–Trinajstić information content (AvgIpc) is 2.81. The second-order valence-electron chi connectivity index (χ2n) is 6.21. The zero-order chi connectivity index (χ0) is 15.2. The van der Waals surface area contributed by atoms with Gasteiger partial charge in [0.2, 0.25) is 5.95 Å². The van der Waals surface area contributed by atoms with Crippen molar-refractivity contribution in [1.82, 2.24) is 25.0 Å². The number of halogens is 1. The summed E-state index contributed by atoms with van der Waals surface area (Å²) < 4.78 is 1.81. The highest BCUT2D eigenvalue weighted by atomic mass is 35.5. The van der Waals surface area contributed by atoms with Gasteiger partial charge in [-0.25, -0.2) is 4.68 Å². The van der Waals surface area contributed by atoms with Crippen LogP contribution in [0.1, 0.15) is 39.2 Å². The number of aliphatic hydroxyl groups is 1. The molecular formula is C13H19ClN6O. The predicted octanol–water partition coefficient (Wildman–Crippen LogP) is 1.82. The molecule has 7 nitrogen and oxygen atoms in total. The van der Waals surface area contributed by atoms with Crippen LogP contribution in [0.15, 0.2) is 0 Å². The van der Waals surface area contributed by atoms with Crippen molar-refractivity contribution in [2.75, 3.05) is 12.3 Å². The van der Waals surface area contributed by atoms with Gasteiger partial charge in [0.05, 0.1) is 6.04 Å². The molecule has 0 aliphatic heterocycles. The first kappa shape index (κ1) is 14.5. The molecule has 0 saturated heterocycles. The maximum atomic E-state index is 8.98. The third-order valence-electron chi connectivity index (χ3n) is 4.72. The number of hydrogen-bond donors (Lipinski definition) is 2. The smallest absolute Gasteiger partial charge is 0.223 e. The molecule has 2 heterocycles. The number of aliphatic hydroxyl groups excluding tert-OH is 1. The molecule has 3 N–H and O–H groups in total. The van der Waals surface area contributed by atoms with Crippen LogP contribution in [0, 0.1) is 11.3 Å². The summed E-state index contributed by atoms with van der Waals surface area (Å²) in [5.41, 5.74) is 6.82. The number of nitrogens with two attached hydrogens (primary N) is 1. The minimum absolute atomic E-state index is 0.0714. The van der Waals surface area contributed by atoms with Crippen molar-refractivity contribution in [3.8, 4) is 0 Å². The fourth-order valence-corrected chi connectivity index (χ4v) is 3.46. The maximum Gasteiger partial charge on any atom is 0.223 e. The molecule has 0 amide bonds. The number of rotatable bonds is 4. The Bertz CT molecular complexity index is 670. The van der Waals surface area contributed by atoms with Gasteiger partial charge in [-0.15, -0.1) is 5.10 Å². The summed E-state index contributed by atoms with van der Waals surface area (Å²) in [6.45, 7) is 4.66. The van der Waals surface area contributed by atoms with E-state index in [0.717, 1.165) is 19.3 Å². The molecule has 0 unspecified atom stereocenters. The minimum atomic E-state index is 0.0714. The molecule has 0 radical (unpaired) electrons. The molecule has 1 fully saturated rings. The highest BCUT2D eigenvalue weighted by Crippen LogP contribution is 2.56. The second-order valence-corrected chi connectivity index (χ2v) is 6.57. The van der Waals surface area contributed by atoms with E-state index in [2.05, 4.69) is 34.1 Å². The van der Waals surface area contributed by atoms with Crippen molar-refractivity contribution in [3.05, 3.63) is 5.15 Å². The van der Waals surface area contributed by atoms with Crippen molar-refractivity contribution in [1.29, 1.82) is 0 Å². The number of nitrogen functional groups attached to an aromatic ring is 1. The van der Waals surface area contributed by atoms with E-state index in [0.29, 0.717) is 17.1 Å². The highest BCUT2D eigenvalue weighted by Gasteiger charge is 2.49.